The fourth-order valence-electron chi connectivity index (χ4n) is 3.42. The van der Waals surface area contributed by atoms with Crippen LogP contribution in [0.2, 0.25) is 0 Å². The van der Waals surface area contributed by atoms with Crippen LogP contribution in [0.1, 0.15) is 43.1 Å². The van der Waals surface area contributed by atoms with E-state index in [9.17, 15) is 4.79 Å². The van der Waals surface area contributed by atoms with Gasteiger partial charge in [0.2, 0.25) is 5.91 Å². The zero-order chi connectivity index (χ0) is 17.5. The van der Waals surface area contributed by atoms with E-state index in [1.807, 2.05) is 35.9 Å². The van der Waals surface area contributed by atoms with E-state index in [1.165, 1.54) is 0 Å². The predicted molar refractivity (Wildman–Crippen MR) is 93.2 cm³/mol. The maximum absolute atomic E-state index is 12.9. The fraction of sp³-hybridized carbons (Fsp3) is 0.444. The third kappa shape index (κ3) is 2.57. The van der Waals surface area contributed by atoms with Crippen molar-refractivity contribution in [3.63, 3.8) is 0 Å². The SMILES string of the molecule is COc1cccc2c1CCC2(N)C(=O)Nc1cc(C)n(C(C)C)n1. The van der Waals surface area contributed by atoms with E-state index in [0.29, 0.717) is 12.2 Å². The van der Waals surface area contributed by atoms with Crippen LogP contribution in [-0.4, -0.2) is 22.8 Å². The van der Waals surface area contributed by atoms with Crippen molar-refractivity contribution in [1.29, 1.82) is 0 Å². The molecule has 1 amide bonds. The number of nitrogens with one attached hydrogen (secondary N) is 1. The number of fused-ring (bicyclic) bond motifs is 1. The van der Waals surface area contributed by atoms with E-state index in [4.69, 9.17) is 10.5 Å². The van der Waals surface area contributed by atoms with Crippen LogP contribution in [0.3, 0.4) is 0 Å². The average Bonchev–Trinajstić information content (AvgIpc) is 3.09. The largest absolute Gasteiger partial charge is 0.496 e. The molecule has 0 aliphatic heterocycles. The van der Waals surface area contributed by atoms with Gasteiger partial charge in [-0.15, -0.1) is 0 Å². The number of hydrogen-bond donors (Lipinski definition) is 2. The first-order valence-electron chi connectivity index (χ1n) is 8.19. The summed E-state index contributed by atoms with van der Waals surface area (Å²) in [5.41, 5.74) is 8.28. The molecule has 1 atom stereocenters. The highest BCUT2D eigenvalue weighted by molar-refractivity contribution is 5.99. The molecule has 0 bridgehead atoms. The van der Waals surface area contributed by atoms with Crippen molar-refractivity contribution < 1.29 is 9.53 Å². The molecule has 6 nitrogen and oxygen atoms in total. The Morgan fingerprint density at radius 1 is 1.46 bits per heavy atom. The fourth-order valence-corrected chi connectivity index (χ4v) is 3.42. The number of amides is 1. The maximum atomic E-state index is 12.9. The van der Waals surface area contributed by atoms with Crippen molar-refractivity contribution >= 4 is 11.7 Å². The Morgan fingerprint density at radius 3 is 2.83 bits per heavy atom. The molecule has 0 radical (unpaired) electrons. The number of ether oxygens (including phenoxy) is 1. The Bertz CT molecular complexity index is 781. The lowest BCUT2D eigenvalue weighted by Crippen LogP contribution is -2.46. The number of aromatic nitrogens is 2. The molecule has 0 spiro atoms. The summed E-state index contributed by atoms with van der Waals surface area (Å²) >= 11 is 0. The second-order valence-electron chi connectivity index (χ2n) is 6.62. The number of aryl methyl sites for hydroxylation is 1. The first-order chi connectivity index (χ1) is 11.4. The predicted octanol–water partition coefficient (Wildman–Crippen LogP) is 2.52. The van der Waals surface area contributed by atoms with Crippen LogP contribution in [0.5, 0.6) is 5.75 Å². The molecule has 1 heterocycles. The summed E-state index contributed by atoms with van der Waals surface area (Å²) in [6.07, 6.45) is 1.28. The minimum atomic E-state index is -1.06. The van der Waals surface area contributed by atoms with E-state index in [0.717, 1.165) is 29.0 Å². The molecule has 1 aliphatic rings. The van der Waals surface area contributed by atoms with Crippen LogP contribution in [0, 0.1) is 6.92 Å². The zero-order valence-corrected chi connectivity index (χ0v) is 14.6. The molecule has 3 rings (SSSR count). The first-order valence-corrected chi connectivity index (χ1v) is 8.19. The topological polar surface area (TPSA) is 82.2 Å². The number of carbonyl (C=O) groups is 1. The van der Waals surface area contributed by atoms with Gasteiger partial charge in [-0.3, -0.25) is 9.48 Å². The normalized spacial score (nSPS) is 19.4. The van der Waals surface area contributed by atoms with Gasteiger partial charge in [0.15, 0.2) is 5.82 Å². The van der Waals surface area contributed by atoms with Crippen molar-refractivity contribution in [2.45, 2.75) is 45.2 Å². The summed E-state index contributed by atoms with van der Waals surface area (Å²) in [5, 5.41) is 7.33. The van der Waals surface area contributed by atoms with E-state index >= 15 is 0 Å². The van der Waals surface area contributed by atoms with Gasteiger partial charge in [0.05, 0.1) is 7.11 Å². The number of hydrogen-bond acceptors (Lipinski definition) is 4. The van der Waals surface area contributed by atoms with E-state index in [-0.39, 0.29) is 11.9 Å². The molecule has 0 saturated carbocycles. The molecule has 1 aliphatic carbocycles. The molecule has 1 unspecified atom stereocenters. The minimum absolute atomic E-state index is 0.233. The number of nitrogens with zero attached hydrogens (tertiary/aromatic N) is 2. The molecule has 24 heavy (non-hydrogen) atoms. The van der Waals surface area contributed by atoms with Gasteiger partial charge < -0.3 is 15.8 Å². The van der Waals surface area contributed by atoms with Crippen LogP contribution in [0.4, 0.5) is 5.82 Å². The Morgan fingerprint density at radius 2 is 2.21 bits per heavy atom. The summed E-state index contributed by atoms with van der Waals surface area (Å²) in [7, 11) is 1.63. The van der Waals surface area contributed by atoms with Crippen molar-refractivity contribution in [3.05, 3.63) is 41.1 Å². The minimum Gasteiger partial charge on any atom is -0.496 e. The lowest BCUT2D eigenvalue weighted by atomic mass is 9.92. The molecule has 1 aromatic carbocycles. The Labute approximate surface area is 142 Å². The number of methoxy groups -OCH3 is 1. The molecule has 0 fully saturated rings. The first kappa shape index (κ1) is 16.5. The third-order valence-electron chi connectivity index (χ3n) is 4.66. The lowest BCUT2D eigenvalue weighted by molar-refractivity contribution is -0.121. The molecule has 128 valence electrons. The second kappa shape index (κ2) is 5.94. The van der Waals surface area contributed by atoms with E-state index < -0.39 is 5.54 Å². The highest BCUT2D eigenvalue weighted by Crippen LogP contribution is 2.40. The number of anilines is 1. The summed E-state index contributed by atoms with van der Waals surface area (Å²) in [4.78, 5) is 12.9. The van der Waals surface area contributed by atoms with Crippen molar-refractivity contribution in [2.75, 3.05) is 12.4 Å². The van der Waals surface area contributed by atoms with Gasteiger partial charge in [0.1, 0.15) is 11.3 Å². The zero-order valence-electron chi connectivity index (χ0n) is 14.6. The Kier molecular flexibility index (Phi) is 4.09. The highest BCUT2D eigenvalue weighted by atomic mass is 16.5. The molecule has 1 aromatic heterocycles. The van der Waals surface area contributed by atoms with E-state index in [2.05, 4.69) is 24.3 Å². The van der Waals surface area contributed by atoms with Gasteiger partial charge in [-0.05, 0) is 50.8 Å². The molecule has 0 saturated heterocycles. The maximum Gasteiger partial charge on any atom is 0.250 e. The Balaban J connectivity index is 1.88. The van der Waals surface area contributed by atoms with Crippen LogP contribution in [0.25, 0.3) is 0 Å². The summed E-state index contributed by atoms with van der Waals surface area (Å²) < 4.78 is 7.27. The molecule has 3 N–H and O–H groups in total. The van der Waals surface area contributed by atoms with Crippen LogP contribution < -0.4 is 15.8 Å². The standard InChI is InChI=1S/C18H24N4O2/c1-11(2)22-12(3)10-16(21-22)20-17(23)18(19)9-8-13-14(18)6-5-7-15(13)24-4/h5-7,10-11H,8-9,19H2,1-4H3,(H,20,21,23). The monoisotopic (exact) mass is 328 g/mol. The average molecular weight is 328 g/mol. The summed E-state index contributed by atoms with van der Waals surface area (Å²) in [6.45, 7) is 6.07. The number of benzene rings is 1. The van der Waals surface area contributed by atoms with Gasteiger partial charge >= 0.3 is 0 Å². The summed E-state index contributed by atoms with van der Waals surface area (Å²) in [6, 6.07) is 7.77. The highest BCUT2D eigenvalue weighted by Gasteiger charge is 2.43. The van der Waals surface area contributed by atoms with Crippen molar-refractivity contribution in [2.24, 2.45) is 5.73 Å². The quantitative estimate of drug-likeness (QED) is 0.903. The summed E-state index contributed by atoms with van der Waals surface area (Å²) in [5.74, 6) is 1.09. The van der Waals surface area contributed by atoms with Crippen molar-refractivity contribution in [3.8, 4) is 5.75 Å². The molecular weight excluding hydrogens is 304 g/mol. The van der Waals surface area contributed by atoms with E-state index in [1.54, 1.807) is 7.11 Å². The van der Waals surface area contributed by atoms with Crippen molar-refractivity contribution in [1.82, 2.24) is 9.78 Å². The molecular formula is C18H24N4O2. The van der Waals surface area contributed by atoms with Gasteiger partial charge in [-0.25, -0.2) is 0 Å². The molecule has 6 heteroatoms. The van der Waals surface area contributed by atoms with Gasteiger partial charge in [-0.1, -0.05) is 12.1 Å². The Hall–Kier alpha value is -2.34. The van der Waals surface area contributed by atoms with Gasteiger partial charge in [-0.2, -0.15) is 5.10 Å². The second-order valence-corrected chi connectivity index (χ2v) is 6.62. The van der Waals surface area contributed by atoms with Crippen LogP contribution >= 0.6 is 0 Å². The van der Waals surface area contributed by atoms with Gasteiger partial charge in [0, 0.05) is 17.8 Å². The smallest absolute Gasteiger partial charge is 0.250 e. The number of carbonyl (C=O) groups excluding carboxylic acids is 1. The van der Waals surface area contributed by atoms with Crippen LogP contribution in [-0.2, 0) is 16.8 Å². The molecule has 2 aromatic rings. The van der Waals surface area contributed by atoms with Gasteiger partial charge in [0.25, 0.3) is 0 Å². The number of nitrogens with two attached hydrogens (primary N) is 1. The number of rotatable bonds is 4. The lowest BCUT2D eigenvalue weighted by Gasteiger charge is -2.23. The van der Waals surface area contributed by atoms with Crippen LogP contribution in [0.15, 0.2) is 24.3 Å². The third-order valence-corrected chi connectivity index (χ3v) is 4.66.